The van der Waals surface area contributed by atoms with Crippen molar-refractivity contribution >= 4 is 9.84 Å². The normalized spacial score (nSPS) is 27.9. The Kier molecular flexibility index (Phi) is 5.06. The number of sulfone groups is 1. The van der Waals surface area contributed by atoms with Crippen LogP contribution in [0, 0.1) is 5.92 Å². The first-order valence-corrected chi connectivity index (χ1v) is 7.79. The number of piperidine rings is 1. The quantitative estimate of drug-likeness (QED) is 0.784. The summed E-state index contributed by atoms with van der Waals surface area (Å²) in [5, 5.41) is 3.41. The maximum absolute atomic E-state index is 11.3. The lowest BCUT2D eigenvalue weighted by Crippen LogP contribution is -2.35. The van der Waals surface area contributed by atoms with Gasteiger partial charge in [-0.1, -0.05) is 6.92 Å². The molecular formula is C11H23NO2S. The SMILES string of the molecule is CCS(=O)(=O)CCCC1CCNC(C)C1. The molecule has 0 bridgehead atoms. The van der Waals surface area contributed by atoms with Gasteiger partial charge in [0.1, 0.15) is 9.84 Å². The minimum absolute atomic E-state index is 0.287. The lowest BCUT2D eigenvalue weighted by atomic mass is 9.90. The Morgan fingerprint density at radius 2 is 2.13 bits per heavy atom. The highest BCUT2D eigenvalue weighted by molar-refractivity contribution is 7.91. The zero-order valence-electron chi connectivity index (χ0n) is 9.83. The summed E-state index contributed by atoms with van der Waals surface area (Å²) in [6.45, 7) is 5.02. The molecule has 0 aromatic carbocycles. The van der Waals surface area contributed by atoms with Crippen molar-refractivity contribution in [3.8, 4) is 0 Å². The second-order valence-electron chi connectivity index (χ2n) is 4.62. The van der Waals surface area contributed by atoms with Gasteiger partial charge >= 0.3 is 0 Å². The van der Waals surface area contributed by atoms with E-state index in [0.717, 1.165) is 25.3 Å². The predicted molar refractivity (Wildman–Crippen MR) is 63.8 cm³/mol. The molecule has 0 aromatic rings. The van der Waals surface area contributed by atoms with Gasteiger partial charge in [0.05, 0.1) is 5.75 Å². The first kappa shape index (κ1) is 13.0. The van der Waals surface area contributed by atoms with Crippen molar-refractivity contribution < 1.29 is 8.42 Å². The number of hydrogen-bond acceptors (Lipinski definition) is 3. The largest absolute Gasteiger partial charge is 0.314 e. The summed E-state index contributed by atoms with van der Waals surface area (Å²) in [4.78, 5) is 0. The molecule has 2 unspecified atom stereocenters. The zero-order chi connectivity index (χ0) is 11.3. The molecule has 2 atom stereocenters. The van der Waals surface area contributed by atoms with Gasteiger partial charge in [0.15, 0.2) is 0 Å². The first-order chi connectivity index (χ1) is 7.03. The molecule has 1 aliphatic heterocycles. The van der Waals surface area contributed by atoms with Crippen molar-refractivity contribution in [2.45, 2.75) is 45.6 Å². The minimum atomic E-state index is -2.75. The molecule has 90 valence electrons. The van der Waals surface area contributed by atoms with Crippen molar-refractivity contribution in [2.24, 2.45) is 5.92 Å². The monoisotopic (exact) mass is 233 g/mol. The van der Waals surface area contributed by atoms with Gasteiger partial charge in [-0.25, -0.2) is 8.42 Å². The fraction of sp³-hybridized carbons (Fsp3) is 1.00. The molecule has 1 saturated heterocycles. The average molecular weight is 233 g/mol. The Labute approximate surface area is 93.6 Å². The fourth-order valence-corrected chi connectivity index (χ4v) is 3.13. The van der Waals surface area contributed by atoms with Crippen LogP contribution in [0.3, 0.4) is 0 Å². The van der Waals surface area contributed by atoms with Gasteiger partial charge < -0.3 is 5.32 Å². The second kappa shape index (κ2) is 5.85. The minimum Gasteiger partial charge on any atom is -0.314 e. The van der Waals surface area contributed by atoms with Gasteiger partial charge in [-0.15, -0.1) is 0 Å². The molecular weight excluding hydrogens is 210 g/mol. The molecule has 1 fully saturated rings. The first-order valence-electron chi connectivity index (χ1n) is 5.97. The lowest BCUT2D eigenvalue weighted by Gasteiger charge is -2.27. The topological polar surface area (TPSA) is 46.2 Å². The fourth-order valence-electron chi connectivity index (χ4n) is 2.23. The molecule has 0 aliphatic carbocycles. The van der Waals surface area contributed by atoms with E-state index in [1.165, 1.54) is 12.8 Å². The van der Waals surface area contributed by atoms with Crippen LogP contribution < -0.4 is 5.32 Å². The molecule has 15 heavy (non-hydrogen) atoms. The predicted octanol–water partition coefficient (Wildman–Crippen LogP) is 1.59. The number of nitrogens with one attached hydrogen (secondary N) is 1. The summed E-state index contributed by atoms with van der Waals surface area (Å²) in [6.07, 6.45) is 4.32. The van der Waals surface area contributed by atoms with Crippen LogP contribution in [0.4, 0.5) is 0 Å². The lowest BCUT2D eigenvalue weighted by molar-refractivity contribution is 0.299. The maximum Gasteiger partial charge on any atom is 0.150 e. The van der Waals surface area contributed by atoms with Crippen molar-refractivity contribution in [2.75, 3.05) is 18.1 Å². The van der Waals surface area contributed by atoms with Crippen LogP contribution in [0.5, 0.6) is 0 Å². The van der Waals surface area contributed by atoms with Crippen LogP contribution in [-0.4, -0.2) is 32.5 Å². The van der Waals surface area contributed by atoms with E-state index >= 15 is 0 Å². The van der Waals surface area contributed by atoms with Crippen LogP contribution >= 0.6 is 0 Å². The van der Waals surface area contributed by atoms with E-state index in [-0.39, 0.29) is 5.75 Å². The molecule has 0 aromatic heterocycles. The van der Waals surface area contributed by atoms with Gasteiger partial charge in [0, 0.05) is 11.8 Å². The van der Waals surface area contributed by atoms with Crippen molar-refractivity contribution in [1.82, 2.24) is 5.32 Å². The Morgan fingerprint density at radius 3 is 2.73 bits per heavy atom. The van der Waals surface area contributed by atoms with E-state index in [9.17, 15) is 8.42 Å². The average Bonchev–Trinajstić information content (AvgIpc) is 2.18. The molecule has 0 amide bonds. The highest BCUT2D eigenvalue weighted by Gasteiger charge is 2.18. The molecule has 1 aliphatic rings. The third-order valence-corrected chi connectivity index (χ3v) is 5.03. The van der Waals surface area contributed by atoms with Gasteiger partial charge in [-0.2, -0.15) is 0 Å². The van der Waals surface area contributed by atoms with Crippen LogP contribution in [0.2, 0.25) is 0 Å². The second-order valence-corrected chi connectivity index (χ2v) is 7.10. The third kappa shape index (κ3) is 4.98. The van der Waals surface area contributed by atoms with Gasteiger partial charge in [0.25, 0.3) is 0 Å². The molecule has 3 nitrogen and oxygen atoms in total. The van der Waals surface area contributed by atoms with Crippen molar-refractivity contribution in [3.63, 3.8) is 0 Å². The molecule has 1 heterocycles. The summed E-state index contributed by atoms with van der Waals surface area (Å²) < 4.78 is 22.6. The van der Waals surface area contributed by atoms with E-state index in [2.05, 4.69) is 12.2 Å². The molecule has 4 heteroatoms. The number of hydrogen-bond donors (Lipinski definition) is 1. The Bertz CT molecular complexity index is 274. The van der Waals surface area contributed by atoms with Crippen LogP contribution in [0.25, 0.3) is 0 Å². The van der Waals surface area contributed by atoms with E-state index in [1.54, 1.807) is 6.92 Å². The van der Waals surface area contributed by atoms with E-state index in [1.807, 2.05) is 0 Å². The standard InChI is InChI=1S/C11H23NO2S/c1-3-15(13,14)8-4-5-11-6-7-12-10(2)9-11/h10-12H,3-9H2,1-2H3. The van der Waals surface area contributed by atoms with Crippen molar-refractivity contribution in [3.05, 3.63) is 0 Å². The highest BCUT2D eigenvalue weighted by Crippen LogP contribution is 2.21. The Balaban J connectivity index is 2.20. The van der Waals surface area contributed by atoms with E-state index < -0.39 is 9.84 Å². The van der Waals surface area contributed by atoms with Gasteiger partial charge in [-0.05, 0) is 45.1 Å². The molecule has 1 N–H and O–H groups in total. The molecule has 0 spiro atoms. The van der Waals surface area contributed by atoms with E-state index in [4.69, 9.17) is 0 Å². The molecule has 0 saturated carbocycles. The smallest absolute Gasteiger partial charge is 0.150 e. The van der Waals surface area contributed by atoms with Crippen LogP contribution in [-0.2, 0) is 9.84 Å². The zero-order valence-corrected chi connectivity index (χ0v) is 10.6. The molecule has 1 rings (SSSR count). The van der Waals surface area contributed by atoms with E-state index in [0.29, 0.717) is 11.8 Å². The van der Waals surface area contributed by atoms with Gasteiger partial charge in [-0.3, -0.25) is 0 Å². The summed E-state index contributed by atoms with van der Waals surface area (Å²) in [7, 11) is -2.75. The third-order valence-electron chi connectivity index (χ3n) is 3.24. The van der Waals surface area contributed by atoms with Crippen LogP contribution in [0.1, 0.15) is 39.5 Å². The summed E-state index contributed by atoms with van der Waals surface area (Å²) in [5.41, 5.74) is 0. The van der Waals surface area contributed by atoms with Crippen molar-refractivity contribution in [1.29, 1.82) is 0 Å². The Morgan fingerprint density at radius 1 is 1.40 bits per heavy atom. The summed E-state index contributed by atoms with van der Waals surface area (Å²) in [5.74, 6) is 1.39. The van der Waals surface area contributed by atoms with Crippen LogP contribution in [0.15, 0.2) is 0 Å². The maximum atomic E-state index is 11.3. The number of rotatable bonds is 5. The van der Waals surface area contributed by atoms with Gasteiger partial charge in [0.2, 0.25) is 0 Å². The summed E-state index contributed by atoms with van der Waals surface area (Å²) in [6, 6.07) is 0.603. The Hall–Kier alpha value is -0.0900. The summed E-state index contributed by atoms with van der Waals surface area (Å²) >= 11 is 0. The molecule has 0 radical (unpaired) electrons. The highest BCUT2D eigenvalue weighted by atomic mass is 32.2.